The number of nitrogens with zero attached hydrogens (tertiary/aromatic N) is 1. The lowest BCUT2D eigenvalue weighted by Gasteiger charge is -2.10. The SMILES string of the molecule is COCCc1cccc(CN(C)C)c1. The Balaban J connectivity index is 2.59. The fraction of sp³-hybridized carbons (Fsp3) is 0.500. The molecule has 0 aromatic heterocycles. The van der Waals surface area contributed by atoms with Crippen molar-refractivity contribution in [2.75, 3.05) is 27.8 Å². The minimum Gasteiger partial charge on any atom is -0.384 e. The highest BCUT2D eigenvalue weighted by atomic mass is 16.5. The van der Waals surface area contributed by atoms with Gasteiger partial charge in [-0.3, -0.25) is 0 Å². The Morgan fingerprint density at radius 1 is 1.21 bits per heavy atom. The van der Waals surface area contributed by atoms with Gasteiger partial charge in [0.15, 0.2) is 0 Å². The number of methoxy groups -OCH3 is 1. The second-order valence-corrected chi connectivity index (χ2v) is 3.80. The highest BCUT2D eigenvalue weighted by Gasteiger charge is 1.97. The molecule has 2 nitrogen and oxygen atoms in total. The van der Waals surface area contributed by atoms with Crippen LogP contribution in [-0.2, 0) is 17.7 Å². The molecule has 0 aliphatic heterocycles. The largest absolute Gasteiger partial charge is 0.384 e. The Kier molecular flexibility index (Phi) is 4.63. The van der Waals surface area contributed by atoms with E-state index >= 15 is 0 Å². The van der Waals surface area contributed by atoms with Gasteiger partial charge in [0, 0.05) is 13.7 Å². The molecule has 0 heterocycles. The molecule has 1 aromatic carbocycles. The average molecular weight is 193 g/mol. The number of ether oxygens (including phenoxy) is 1. The van der Waals surface area contributed by atoms with Crippen molar-refractivity contribution in [2.24, 2.45) is 0 Å². The minimum absolute atomic E-state index is 0.797. The van der Waals surface area contributed by atoms with Gasteiger partial charge in [-0.25, -0.2) is 0 Å². The summed E-state index contributed by atoms with van der Waals surface area (Å²) in [7, 11) is 5.91. The van der Waals surface area contributed by atoms with Crippen LogP contribution in [0.1, 0.15) is 11.1 Å². The van der Waals surface area contributed by atoms with Gasteiger partial charge in [0.1, 0.15) is 0 Å². The molecule has 0 unspecified atom stereocenters. The molecule has 0 saturated heterocycles. The lowest BCUT2D eigenvalue weighted by molar-refractivity contribution is 0.202. The third kappa shape index (κ3) is 3.90. The zero-order valence-corrected chi connectivity index (χ0v) is 9.29. The monoisotopic (exact) mass is 193 g/mol. The van der Waals surface area contributed by atoms with Crippen LogP contribution >= 0.6 is 0 Å². The van der Waals surface area contributed by atoms with Crippen LogP contribution in [0.25, 0.3) is 0 Å². The molecule has 0 radical (unpaired) electrons. The van der Waals surface area contributed by atoms with E-state index in [1.165, 1.54) is 11.1 Å². The fourth-order valence-electron chi connectivity index (χ4n) is 1.47. The highest BCUT2D eigenvalue weighted by Crippen LogP contribution is 2.07. The van der Waals surface area contributed by atoms with Crippen molar-refractivity contribution in [3.8, 4) is 0 Å². The van der Waals surface area contributed by atoms with E-state index in [1.807, 2.05) is 0 Å². The first-order valence-electron chi connectivity index (χ1n) is 4.94. The Labute approximate surface area is 86.5 Å². The van der Waals surface area contributed by atoms with Gasteiger partial charge >= 0.3 is 0 Å². The van der Waals surface area contributed by atoms with Crippen LogP contribution in [0.4, 0.5) is 0 Å². The summed E-state index contributed by atoms with van der Waals surface area (Å²) in [6.07, 6.45) is 0.998. The Hall–Kier alpha value is -0.860. The maximum Gasteiger partial charge on any atom is 0.0502 e. The molecular weight excluding hydrogens is 174 g/mol. The molecule has 0 atom stereocenters. The molecular formula is C12H19NO. The van der Waals surface area contributed by atoms with Crippen molar-refractivity contribution in [1.82, 2.24) is 4.90 Å². The van der Waals surface area contributed by atoms with Crippen LogP contribution in [-0.4, -0.2) is 32.7 Å². The first-order chi connectivity index (χ1) is 6.72. The third-order valence-electron chi connectivity index (χ3n) is 2.09. The molecule has 0 aliphatic carbocycles. The maximum absolute atomic E-state index is 5.06. The van der Waals surface area contributed by atoms with Crippen LogP contribution in [0.5, 0.6) is 0 Å². The lowest BCUT2D eigenvalue weighted by Crippen LogP contribution is -2.10. The van der Waals surface area contributed by atoms with Crippen molar-refractivity contribution in [2.45, 2.75) is 13.0 Å². The van der Waals surface area contributed by atoms with E-state index in [0.717, 1.165) is 19.6 Å². The zero-order chi connectivity index (χ0) is 10.4. The topological polar surface area (TPSA) is 12.5 Å². The molecule has 0 aliphatic rings. The molecule has 0 fully saturated rings. The quantitative estimate of drug-likeness (QED) is 0.708. The van der Waals surface area contributed by atoms with Gasteiger partial charge in [-0.15, -0.1) is 0 Å². The molecule has 1 rings (SSSR count). The maximum atomic E-state index is 5.06. The molecule has 0 N–H and O–H groups in total. The Morgan fingerprint density at radius 2 is 1.93 bits per heavy atom. The molecule has 14 heavy (non-hydrogen) atoms. The van der Waals surface area contributed by atoms with Gasteiger partial charge < -0.3 is 9.64 Å². The van der Waals surface area contributed by atoms with Crippen LogP contribution in [0, 0.1) is 0 Å². The van der Waals surface area contributed by atoms with E-state index in [1.54, 1.807) is 7.11 Å². The second-order valence-electron chi connectivity index (χ2n) is 3.80. The summed E-state index contributed by atoms with van der Waals surface area (Å²) in [6.45, 7) is 1.80. The van der Waals surface area contributed by atoms with Gasteiger partial charge in [-0.05, 0) is 31.6 Å². The van der Waals surface area contributed by atoms with Crippen LogP contribution in [0.15, 0.2) is 24.3 Å². The minimum atomic E-state index is 0.797. The van der Waals surface area contributed by atoms with Crippen LogP contribution in [0.3, 0.4) is 0 Å². The van der Waals surface area contributed by atoms with Crippen LogP contribution < -0.4 is 0 Å². The van der Waals surface area contributed by atoms with E-state index in [0.29, 0.717) is 0 Å². The molecule has 2 heteroatoms. The summed E-state index contributed by atoms with van der Waals surface area (Å²) < 4.78 is 5.06. The lowest BCUT2D eigenvalue weighted by atomic mass is 10.1. The molecule has 1 aromatic rings. The third-order valence-corrected chi connectivity index (χ3v) is 2.09. The van der Waals surface area contributed by atoms with E-state index in [9.17, 15) is 0 Å². The van der Waals surface area contributed by atoms with Crippen molar-refractivity contribution >= 4 is 0 Å². The van der Waals surface area contributed by atoms with Gasteiger partial charge in [-0.1, -0.05) is 24.3 Å². The molecule has 78 valence electrons. The van der Waals surface area contributed by atoms with Crippen LogP contribution in [0.2, 0.25) is 0 Å². The first kappa shape index (κ1) is 11.2. The first-order valence-corrected chi connectivity index (χ1v) is 4.94. The van der Waals surface area contributed by atoms with E-state index in [4.69, 9.17) is 4.74 Å². The summed E-state index contributed by atoms with van der Waals surface area (Å²) in [5.41, 5.74) is 2.72. The highest BCUT2D eigenvalue weighted by molar-refractivity contribution is 5.23. The summed E-state index contributed by atoms with van der Waals surface area (Å²) in [5, 5.41) is 0. The fourth-order valence-corrected chi connectivity index (χ4v) is 1.47. The van der Waals surface area contributed by atoms with E-state index in [2.05, 4.69) is 43.3 Å². The average Bonchev–Trinajstić information content (AvgIpc) is 2.14. The Morgan fingerprint density at radius 3 is 2.57 bits per heavy atom. The molecule has 0 amide bonds. The number of hydrogen-bond acceptors (Lipinski definition) is 2. The van der Waals surface area contributed by atoms with Gasteiger partial charge in [-0.2, -0.15) is 0 Å². The molecule has 0 bridgehead atoms. The van der Waals surface area contributed by atoms with Gasteiger partial charge in [0.2, 0.25) is 0 Å². The van der Waals surface area contributed by atoms with Gasteiger partial charge in [0.05, 0.1) is 6.61 Å². The van der Waals surface area contributed by atoms with Crippen molar-refractivity contribution in [3.05, 3.63) is 35.4 Å². The predicted molar refractivity (Wildman–Crippen MR) is 59.4 cm³/mol. The number of benzene rings is 1. The molecule has 0 saturated carbocycles. The summed E-state index contributed by atoms with van der Waals surface area (Å²) in [5.74, 6) is 0. The van der Waals surface area contributed by atoms with Crippen molar-refractivity contribution in [3.63, 3.8) is 0 Å². The normalized spacial score (nSPS) is 10.9. The zero-order valence-electron chi connectivity index (χ0n) is 9.29. The standard InChI is InChI=1S/C12H19NO/c1-13(2)10-12-6-4-5-11(9-12)7-8-14-3/h4-6,9H,7-8,10H2,1-3H3. The number of rotatable bonds is 5. The smallest absolute Gasteiger partial charge is 0.0502 e. The predicted octanol–water partition coefficient (Wildman–Crippen LogP) is 1.94. The second kappa shape index (κ2) is 5.78. The Bertz CT molecular complexity index is 271. The summed E-state index contributed by atoms with van der Waals surface area (Å²) >= 11 is 0. The van der Waals surface area contributed by atoms with E-state index in [-0.39, 0.29) is 0 Å². The summed E-state index contributed by atoms with van der Waals surface area (Å²) in [6, 6.07) is 8.68. The molecule has 0 spiro atoms. The van der Waals surface area contributed by atoms with Crippen molar-refractivity contribution in [1.29, 1.82) is 0 Å². The number of hydrogen-bond donors (Lipinski definition) is 0. The van der Waals surface area contributed by atoms with Gasteiger partial charge in [0.25, 0.3) is 0 Å². The van der Waals surface area contributed by atoms with E-state index < -0.39 is 0 Å². The summed E-state index contributed by atoms with van der Waals surface area (Å²) in [4.78, 5) is 2.18. The van der Waals surface area contributed by atoms with Crippen molar-refractivity contribution < 1.29 is 4.74 Å².